The summed E-state index contributed by atoms with van der Waals surface area (Å²) in [5, 5.41) is 5.64. The Morgan fingerprint density at radius 1 is 1.20 bits per heavy atom. The molecule has 4 rings (SSSR count). The normalized spacial score (nSPS) is 30.8. The van der Waals surface area contributed by atoms with E-state index in [0.29, 0.717) is 5.41 Å². The summed E-state index contributed by atoms with van der Waals surface area (Å²) in [4.78, 5) is 2.59. The first kappa shape index (κ1) is 12.4. The zero-order valence-electron chi connectivity index (χ0n) is 12.5. The van der Waals surface area contributed by atoms with Crippen molar-refractivity contribution >= 4 is 10.9 Å². The molecule has 1 aromatic heterocycles. The maximum Gasteiger partial charge on any atom is 0.0682 e. The van der Waals surface area contributed by atoms with E-state index in [1.807, 2.05) is 17.9 Å². The minimum atomic E-state index is 0.394. The summed E-state index contributed by atoms with van der Waals surface area (Å²) < 4.78 is 2.01. The van der Waals surface area contributed by atoms with Crippen molar-refractivity contribution in [3.8, 4) is 0 Å². The molecule has 2 atom stereocenters. The highest BCUT2D eigenvalue weighted by Crippen LogP contribution is 2.48. The number of likely N-dealkylation sites (N-methyl/N-ethyl adjacent to an activating group) is 1. The van der Waals surface area contributed by atoms with Crippen LogP contribution in [0.5, 0.6) is 0 Å². The van der Waals surface area contributed by atoms with Gasteiger partial charge in [0.25, 0.3) is 0 Å². The zero-order chi connectivity index (χ0) is 13.7. The van der Waals surface area contributed by atoms with E-state index in [1.165, 1.54) is 49.6 Å². The fourth-order valence-corrected chi connectivity index (χ4v) is 4.62. The lowest BCUT2D eigenvalue weighted by atomic mass is 9.66. The van der Waals surface area contributed by atoms with Crippen molar-refractivity contribution in [1.82, 2.24) is 14.7 Å². The zero-order valence-corrected chi connectivity index (χ0v) is 12.5. The fraction of sp³-hybridized carbons (Fsp3) is 0.588. The van der Waals surface area contributed by atoms with Crippen LogP contribution in [0.4, 0.5) is 0 Å². The van der Waals surface area contributed by atoms with Crippen molar-refractivity contribution in [3.63, 3.8) is 0 Å². The van der Waals surface area contributed by atoms with Crippen LogP contribution < -0.4 is 0 Å². The monoisotopic (exact) mass is 269 g/mol. The van der Waals surface area contributed by atoms with Crippen LogP contribution in [0.2, 0.25) is 0 Å². The lowest BCUT2D eigenvalue weighted by Gasteiger charge is -2.41. The molecule has 106 valence electrons. The first-order chi connectivity index (χ1) is 9.71. The molecular formula is C17H23N3. The second-order valence-electron chi connectivity index (χ2n) is 6.69. The summed E-state index contributed by atoms with van der Waals surface area (Å²) in [5.41, 5.74) is 3.21. The van der Waals surface area contributed by atoms with Crippen LogP contribution in [0.15, 0.2) is 24.4 Å². The fourth-order valence-electron chi connectivity index (χ4n) is 4.62. The molecule has 2 fully saturated rings. The number of hydrogen-bond donors (Lipinski definition) is 0. The molecule has 0 amide bonds. The number of aromatic nitrogens is 2. The van der Waals surface area contributed by atoms with Crippen LogP contribution in [-0.2, 0) is 12.5 Å². The SMILES string of the molecule is CN1CC[C@]2(c3ccc4cnn(C)c4c3)CCCC[C@H]12. The number of benzene rings is 1. The van der Waals surface area contributed by atoms with Crippen LogP contribution in [0.3, 0.4) is 0 Å². The van der Waals surface area contributed by atoms with E-state index in [2.05, 4.69) is 35.2 Å². The molecule has 20 heavy (non-hydrogen) atoms. The number of rotatable bonds is 1. The van der Waals surface area contributed by atoms with Crippen LogP contribution >= 0.6 is 0 Å². The summed E-state index contributed by atoms with van der Waals surface area (Å²) >= 11 is 0. The summed E-state index contributed by atoms with van der Waals surface area (Å²) in [6.07, 6.45) is 8.77. The molecule has 1 aliphatic heterocycles. The lowest BCUT2D eigenvalue weighted by molar-refractivity contribution is 0.182. The van der Waals surface area contributed by atoms with Crippen molar-refractivity contribution in [3.05, 3.63) is 30.0 Å². The second-order valence-corrected chi connectivity index (χ2v) is 6.69. The number of nitrogens with zero attached hydrogens (tertiary/aromatic N) is 3. The van der Waals surface area contributed by atoms with Gasteiger partial charge in [0.1, 0.15) is 0 Å². The van der Waals surface area contributed by atoms with Gasteiger partial charge in [0.05, 0.1) is 11.7 Å². The van der Waals surface area contributed by atoms with E-state index >= 15 is 0 Å². The van der Waals surface area contributed by atoms with Gasteiger partial charge in [-0.15, -0.1) is 0 Å². The number of hydrogen-bond acceptors (Lipinski definition) is 2. The third kappa shape index (κ3) is 1.59. The Bertz CT molecular complexity index is 641. The highest BCUT2D eigenvalue weighted by molar-refractivity contribution is 5.79. The number of fused-ring (bicyclic) bond motifs is 2. The van der Waals surface area contributed by atoms with E-state index in [0.717, 1.165) is 6.04 Å². The summed E-state index contributed by atoms with van der Waals surface area (Å²) in [7, 11) is 4.35. The van der Waals surface area contributed by atoms with Crippen LogP contribution in [0.1, 0.15) is 37.7 Å². The van der Waals surface area contributed by atoms with Crippen molar-refractivity contribution in [1.29, 1.82) is 0 Å². The molecule has 1 aliphatic carbocycles. The Kier molecular flexibility index (Phi) is 2.68. The summed E-state index contributed by atoms with van der Waals surface area (Å²) in [6, 6.07) is 7.76. The molecule has 1 aromatic carbocycles. The molecule has 0 radical (unpaired) electrons. The quantitative estimate of drug-likeness (QED) is 0.793. The summed E-state index contributed by atoms with van der Waals surface area (Å²) in [5.74, 6) is 0. The topological polar surface area (TPSA) is 21.1 Å². The Balaban J connectivity index is 1.85. The third-order valence-corrected chi connectivity index (χ3v) is 5.76. The maximum absolute atomic E-state index is 4.39. The van der Waals surface area contributed by atoms with Crippen LogP contribution in [0, 0.1) is 0 Å². The average Bonchev–Trinajstić information content (AvgIpc) is 3.02. The van der Waals surface area contributed by atoms with Gasteiger partial charge in [0, 0.05) is 23.9 Å². The Morgan fingerprint density at radius 3 is 3.00 bits per heavy atom. The molecule has 0 spiro atoms. The molecule has 2 aliphatic rings. The predicted octanol–water partition coefficient (Wildman–Crippen LogP) is 3.09. The van der Waals surface area contributed by atoms with Crippen molar-refractivity contribution in [2.45, 2.75) is 43.6 Å². The van der Waals surface area contributed by atoms with Gasteiger partial charge in [0.2, 0.25) is 0 Å². The average molecular weight is 269 g/mol. The Hall–Kier alpha value is -1.35. The maximum atomic E-state index is 4.39. The molecule has 0 N–H and O–H groups in total. The minimum Gasteiger partial charge on any atom is -0.302 e. The van der Waals surface area contributed by atoms with Gasteiger partial charge in [-0.2, -0.15) is 5.10 Å². The van der Waals surface area contributed by atoms with Crippen LogP contribution in [-0.4, -0.2) is 34.3 Å². The number of aryl methyl sites for hydroxylation is 1. The molecule has 1 saturated carbocycles. The largest absolute Gasteiger partial charge is 0.302 e. The van der Waals surface area contributed by atoms with E-state index < -0.39 is 0 Å². The standard InChI is InChI=1S/C17H23N3/c1-19-10-9-17(8-4-3-5-16(17)19)14-7-6-13-12-18-20(2)15(13)11-14/h6-7,11-12,16H,3-5,8-10H2,1-2H3/t16-,17-/m0/s1. The van der Waals surface area contributed by atoms with Gasteiger partial charge in [0.15, 0.2) is 0 Å². The molecule has 3 nitrogen and oxygen atoms in total. The first-order valence-electron chi connectivity index (χ1n) is 7.83. The van der Waals surface area contributed by atoms with Gasteiger partial charge in [-0.3, -0.25) is 4.68 Å². The Morgan fingerprint density at radius 2 is 2.10 bits per heavy atom. The highest BCUT2D eigenvalue weighted by atomic mass is 15.2. The minimum absolute atomic E-state index is 0.394. The molecule has 0 unspecified atom stereocenters. The molecular weight excluding hydrogens is 246 g/mol. The van der Waals surface area contributed by atoms with Gasteiger partial charge >= 0.3 is 0 Å². The van der Waals surface area contributed by atoms with Gasteiger partial charge in [-0.25, -0.2) is 0 Å². The van der Waals surface area contributed by atoms with Crippen molar-refractivity contribution in [2.75, 3.05) is 13.6 Å². The lowest BCUT2D eigenvalue weighted by Crippen LogP contribution is -2.43. The van der Waals surface area contributed by atoms with E-state index in [4.69, 9.17) is 0 Å². The molecule has 0 bridgehead atoms. The molecule has 1 saturated heterocycles. The first-order valence-corrected chi connectivity index (χ1v) is 7.83. The predicted molar refractivity (Wildman–Crippen MR) is 81.9 cm³/mol. The highest BCUT2D eigenvalue weighted by Gasteiger charge is 2.48. The van der Waals surface area contributed by atoms with Gasteiger partial charge < -0.3 is 4.90 Å². The van der Waals surface area contributed by atoms with Crippen molar-refractivity contribution in [2.24, 2.45) is 7.05 Å². The third-order valence-electron chi connectivity index (χ3n) is 5.76. The van der Waals surface area contributed by atoms with Crippen LogP contribution in [0.25, 0.3) is 10.9 Å². The second kappa shape index (κ2) is 4.32. The van der Waals surface area contributed by atoms with Gasteiger partial charge in [-0.1, -0.05) is 25.0 Å². The van der Waals surface area contributed by atoms with Crippen molar-refractivity contribution < 1.29 is 0 Å². The molecule has 2 heterocycles. The molecule has 3 heteroatoms. The smallest absolute Gasteiger partial charge is 0.0682 e. The van der Waals surface area contributed by atoms with E-state index in [1.54, 1.807) is 5.56 Å². The number of likely N-dealkylation sites (tertiary alicyclic amines) is 1. The summed E-state index contributed by atoms with van der Waals surface area (Å²) in [6.45, 7) is 1.24. The van der Waals surface area contributed by atoms with Gasteiger partial charge in [-0.05, 0) is 44.5 Å². The van der Waals surface area contributed by atoms with E-state index in [-0.39, 0.29) is 0 Å². The molecule has 2 aromatic rings. The van der Waals surface area contributed by atoms with E-state index in [9.17, 15) is 0 Å². The Labute approximate surface area is 120 Å².